The number of aryl methyl sites for hydroxylation is 1. The third-order valence-electron chi connectivity index (χ3n) is 3.39. The largest absolute Gasteiger partial charge is 0.358 e. The van der Waals surface area contributed by atoms with Crippen LogP contribution >= 0.6 is 0 Å². The van der Waals surface area contributed by atoms with Crippen molar-refractivity contribution < 1.29 is 4.39 Å². The van der Waals surface area contributed by atoms with Crippen molar-refractivity contribution in [2.24, 2.45) is 0 Å². The molecule has 0 saturated carbocycles. The minimum absolute atomic E-state index is 0.229. The summed E-state index contributed by atoms with van der Waals surface area (Å²) in [5.74, 6) is -0.229. The number of para-hydroxylation sites is 1. The first-order chi connectivity index (χ1) is 9.16. The summed E-state index contributed by atoms with van der Waals surface area (Å²) in [7, 11) is 0. The number of aromatic nitrogens is 1. The normalized spacial score (nSPS) is 10.8. The summed E-state index contributed by atoms with van der Waals surface area (Å²) < 4.78 is 13.0. The maximum absolute atomic E-state index is 13.0. The maximum atomic E-state index is 13.0. The average molecular weight is 251 g/mol. The number of rotatable bonds is 2. The lowest BCUT2D eigenvalue weighted by atomic mass is 9.97. The van der Waals surface area contributed by atoms with E-state index in [-0.39, 0.29) is 5.82 Å². The van der Waals surface area contributed by atoms with E-state index in [1.54, 1.807) is 12.1 Å². The van der Waals surface area contributed by atoms with E-state index >= 15 is 0 Å². The molecule has 94 valence electrons. The number of aromatic amines is 1. The van der Waals surface area contributed by atoms with E-state index in [0.717, 1.165) is 33.3 Å². The summed E-state index contributed by atoms with van der Waals surface area (Å²) in [6, 6.07) is 14.6. The third kappa shape index (κ3) is 1.95. The summed E-state index contributed by atoms with van der Waals surface area (Å²) in [6.07, 6.45) is 0. The van der Waals surface area contributed by atoms with Crippen molar-refractivity contribution in [1.29, 1.82) is 0 Å². The van der Waals surface area contributed by atoms with Gasteiger partial charge in [-0.1, -0.05) is 36.9 Å². The van der Waals surface area contributed by atoms with Gasteiger partial charge in [-0.05, 0) is 36.3 Å². The Morgan fingerprint density at radius 2 is 1.74 bits per heavy atom. The fraction of sp³-hybridized carbons (Fsp3) is 0.0588. The number of hydrogen-bond acceptors (Lipinski definition) is 0. The van der Waals surface area contributed by atoms with Gasteiger partial charge in [0.2, 0.25) is 0 Å². The van der Waals surface area contributed by atoms with E-state index in [2.05, 4.69) is 17.6 Å². The quantitative estimate of drug-likeness (QED) is 0.680. The second kappa shape index (κ2) is 4.39. The number of halogens is 1. The van der Waals surface area contributed by atoms with Crippen molar-refractivity contribution in [3.63, 3.8) is 0 Å². The van der Waals surface area contributed by atoms with Crippen molar-refractivity contribution >= 4 is 16.5 Å². The third-order valence-corrected chi connectivity index (χ3v) is 3.39. The molecule has 0 bridgehead atoms. The predicted molar refractivity (Wildman–Crippen MR) is 77.6 cm³/mol. The Balaban J connectivity index is 2.16. The molecule has 0 fully saturated rings. The van der Waals surface area contributed by atoms with Crippen molar-refractivity contribution in [3.8, 4) is 0 Å². The van der Waals surface area contributed by atoms with Crippen LogP contribution < -0.4 is 0 Å². The van der Waals surface area contributed by atoms with Crippen molar-refractivity contribution in [1.82, 2.24) is 4.98 Å². The topological polar surface area (TPSA) is 15.8 Å². The minimum Gasteiger partial charge on any atom is -0.358 e. The molecule has 1 N–H and O–H groups in total. The van der Waals surface area contributed by atoms with Gasteiger partial charge in [-0.2, -0.15) is 0 Å². The second-order valence-corrected chi connectivity index (χ2v) is 4.66. The molecule has 2 heteroatoms. The molecule has 1 nitrogen and oxygen atoms in total. The zero-order valence-corrected chi connectivity index (χ0v) is 10.7. The smallest absolute Gasteiger partial charge is 0.123 e. The van der Waals surface area contributed by atoms with Gasteiger partial charge >= 0.3 is 0 Å². The zero-order chi connectivity index (χ0) is 13.4. The molecule has 0 radical (unpaired) electrons. The highest BCUT2D eigenvalue weighted by molar-refractivity contribution is 5.97. The van der Waals surface area contributed by atoms with E-state index < -0.39 is 0 Å². The molecule has 0 atom stereocenters. The van der Waals surface area contributed by atoms with E-state index in [0.29, 0.717) is 0 Å². The molecule has 1 aromatic heterocycles. The van der Waals surface area contributed by atoms with Crippen LogP contribution in [0.2, 0.25) is 0 Å². The molecule has 0 amide bonds. The van der Waals surface area contributed by atoms with Crippen LogP contribution in [0.4, 0.5) is 4.39 Å². The van der Waals surface area contributed by atoms with Crippen LogP contribution in [0.1, 0.15) is 16.8 Å². The van der Waals surface area contributed by atoms with E-state index in [4.69, 9.17) is 0 Å². The summed E-state index contributed by atoms with van der Waals surface area (Å²) in [4.78, 5) is 3.35. The summed E-state index contributed by atoms with van der Waals surface area (Å²) in [5, 5.41) is 1.15. The molecule has 0 saturated heterocycles. The van der Waals surface area contributed by atoms with Crippen LogP contribution in [0.25, 0.3) is 16.5 Å². The SMILES string of the molecule is C=C(c1ccc(F)cc1)c1c(C)[nH]c2ccccc12. The van der Waals surface area contributed by atoms with Crippen LogP contribution in [0.15, 0.2) is 55.1 Å². The number of hydrogen-bond donors (Lipinski definition) is 1. The van der Waals surface area contributed by atoms with Gasteiger partial charge in [0.25, 0.3) is 0 Å². The Kier molecular flexibility index (Phi) is 2.71. The Hall–Kier alpha value is -2.35. The lowest BCUT2D eigenvalue weighted by Gasteiger charge is -2.06. The fourth-order valence-corrected chi connectivity index (χ4v) is 2.46. The molecular formula is C17H14FN. The van der Waals surface area contributed by atoms with Gasteiger partial charge in [-0.3, -0.25) is 0 Å². The maximum Gasteiger partial charge on any atom is 0.123 e. The van der Waals surface area contributed by atoms with Crippen LogP contribution in [0.5, 0.6) is 0 Å². The molecule has 0 aliphatic carbocycles. The van der Waals surface area contributed by atoms with Crippen LogP contribution in [0, 0.1) is 12.7 Å². The Bertz CT molecular complexity index is 751. The van der Waals surface area contributed by atoms with Crippen LogP contribution in [0.3, 0.4) is 0 Å². The molecular weight excluding hydrogens is 237 g/mol. The van der Waals surface area contributed by atoms with Gasteiger partial charge in [-0.25, -0.2) is 4.39 Å². The Morgan fingerprint density at radius 1 is 1.05 bits per heavy atom. The highest BCUT2D eigenvalue weighted by Gasteiger charge is 2.12. The first-order valence-electron chi connectivity index (χ1n) is 6.19. The highest BCUT2D eigenvalue weighted by Crippen LogP contribution is 2.31. The molecule has 19 heavy (non-hydrogen) atoms. The first kappa shape index (κ1) is 11.7. The molecule has 3 rings (SSSR count). The van der Waals surface area contributed by atoms with Gasteiger partial charge in [0.1, 0.15) is 5.82 Å². The van der Waals surface area contributed by atoms with Gasteiger partial charge in [0, 0.05) is 22.2 Å². The van der Waals surface area contributed by atoms with E-state index in [1.807, 2.05) is 25.1 Å². The van der Waals surface area contributed by atoms with Crippen LogP contribution in [-0.4, -0.2) is 4.98 Å². The van der Waals surface area contributed by atoms with Gasteiger partial charge in [-0.15, -0.1) is 0 Å². The lowest BCUT2D eigenvalue weighted by Crippen LogP contribution is -1.88. The standard InChI is InChI=1S/C17H14FN/c1-11(13-7-9-14(18)10-8-13)17-12(2)19-16-6-4-3-5-15(16)17/h3-10,19H,1H2,2H3. The van der Waals surface area contributed by atoms with Crippen LogP contribution in [-0.2, 0) is 0 Å². The molecule has 0 spiro atoms. The predicted octanol–water partition coefficient (Wildman–Crippen LogP) is 4.68. The van der Waals surface area contributed by atoms with Crippen molar-refractivity contribution in [2.75, 3.05) is 0 Å². The first-order valence-corrected chi connectivity index (χ1v) is 6.19. The minimum atomic E-state index is -0.229. The summed E-state index contributed by atoms with van der Waals surface area (Å²) in [5.41, 5.74) is 5.13. The Labute approximate surface area is 111 Å². The summed E-state index contributed by atoms with van der Waals surface area (Å²) >= 11 is 0. The number of benzene rings is 2. The monoisotopic (exact) mass is 251 g/mol. The number of nitrogens with one attached hydrogen (secondary N) is 1. The Morgan fingerprint density at radius 3 is 2.47 bits per heavy atom. The molecule has 0 unspecified atom stereocenters. The molecule has 1 heterocycles. The second-order valence-electron chi connectivity index (χ2n) is 4.66. The number of H-pyrrole nitrogens is 1. The average Bonchev–Trinajstić information content (AvgIpc) is 2.74. The van der Waals surface area contributed by atoms with Gasteiger partial charge < -0.3 is 4.98 Å². The molecule has 3 aromatic rings. The summed E-state index contributed by atoms with van der Waals surface area (Å²) in [6.45, 7) is 6.20. The van der Waals surface area contributed by atoms with Crippen molar-refractivity contribution in [3.05, 3.63) is 77.7 Å². The van der Waals surface area contributed by atoms with E-state index in [1.165, 1.54) is 12.1 Å². The zero-order valence-electron chi connectivity index (χ0n) is 10.7. The van der Waals surface area contributed by atoms with Gasteiger partial charge in [0.15, 0.2) is 0 Å². The number of fused-ring (bicyclic) bond motifs is 1. The highest BCUT2D eigenvalue weighted by atomic mass is 19.1. The lowest BCUT2D eigenvalue weighted by molar-refractivity contribution is 0.627. The fourth-order valence-electron chi connectivity index (χ4n) is 2.46. The molecule has 2 aromatic carbocycles. The molecule has 0 aliphatic heterocycles. The van der Waals surface area contributed by atoms with Crippen molar-refractivity contribution in [2.45, 2.75) is 6.92 Å². The van der Waals surface area contributed by atoms with Gasteiger partial charge in [0.05, 0.1) is 0 Å². The molecule has 0 aliphatic rings. The van der Waals surface area contributed by atoms with E-state index in [9.17, 15) is 4.39 Å².